The van der Waals surface area contributed by atoms with E-state index in [4.69, 9.17) is 27.9 Å². The molecule has 0 bridgehead atoms. The van der Waals surface area contributed by atoms with E-state index < -0.39 is 0 Å². The highest BCUT2D eigenvalue weighted by molar-refractivity contribution is 6.33. The average Bonchev–Trinajstić information content (AvgIpc) is 2.46. The number of halogens is 2. The Balaban J connectivity index is 1.84. The molecule has 116 valence electrons. The van der Waals surface area contributed by atoms with Crippen molar-refractivity contribution in [2.24, 2.45) is 5.92 Å². The lowest BCUT2D eigenvalue weighted by Crippen LogP contribution is -2.48. The molecule has 1 N–H and O–H groups in total. The van der Waals surface area contributed by atoms with Crippen molar-refractivity contribution in [2.75, 3.05) is 13.2 Å². The first kappa shape index (κ1) is 15.6. The van der Waals surface area contributed by atoms with Crippen molar-refractivity contribution < 1.29 is 4.74 Å². The first-order chi connectivity index (χ1) is 10.1. The summed E-state index contributed by atoms with van der Waals surface area (Å²) >= 11 is 12.6. The fraction of sp³-hybridized carbons (Fsp3) is 0.647. The Morgan fingerprint density at radius 3 is 2.86 bits per heavy atom. The second-order valence-electron chi connectivity index (χ2n) is 6.34. The molecule has 0 amide bonds. The van der Waals surface area contributed by atoms with Gasteiger partial charge in [-0.05, 0) is 68.3 Å². The van der Waals surface area contributed by atoms with Gasteiger partial charge in [0.1, 0.15) is 0 Å². The lowest BCUT2D eigenvalue weighted by Gasteiger charge is -2.49. The van der Waals surface area contributed by atoms with Crippen molar-refractivity contribution in [1.82, 2.24) is 5.32 Å². The summed E-state index contributed by atoms with van der Waals surface area (Å²) in [5, 5.41) is 5.18. The Labute approximate surface area is 137 Å². The van der Waals surface area contributed by atoms with Crippen molar-refractivity contribution in [2.45, 2.75) is 50.7 Å². The molecular weight excluding hydrogens is 305 g/mol. The zero-order chi connectivity index (χ0) is 14.9. The highest BCUT2D eigenvalue weighted by Gasteiger charge is 2.44. The molecule has 2 fully saturated rings. The van der Waals surface area contributed by atoms with Crippen molar-refractivity contribution >= 4 is 23.2 Å². The Kier molecular flexibility index (Phi) is 4.80. The minimum atomic E-state index is 0.154. The fourth-order valence-corrected chi connectivity index (χ4v) is 4.19. The van der Waals surface area contributed by atoms with Crippen LogP contribution in [-0.2, 0) is 4.74 Å². The standard InChI is InChI=1S/C17H23Cl2NO/c1-2-20-16(14-10-13(18)4-5-15(14)19)12-6-9-21-17(11-12)7-3-8-17/h4-5,10,12,16,20H,2-3,6-9,11H2,1H3. The molecule has 21 heavy (non-hydrogen) atoms. The lowest BCUT2D eigenvalue weighted by molar-refractivity contribution is -0.147. The Morgan fingerprint density at radius 2 is 2.19 bits per heavy atom. The lowest BCUT2D eigenvalue weighted by atomic mass is 9.69. The molecule has 3 rings (SSSR count). The van der Waals surface area contributed by atoms with Gasteiger partial charge in [-0.15, -0.1) is 0 Å². The summed E-state index contributed by atoms with van der Waals surface area (Å²) in [6, 6.07) is 6.04. The van der Waals surface area contributed by atoms with Gasteiger partial charge < -0.3 is 10.1 Å². The van der Waals surface area contributed by atoms with E-state index in [9.17, 15) is 0 Å². The first-order valence-electron chi connectivity index (χ1n) is 7.96. The van der Waals surface area contributed by atoms with E-state index in [1.54, 1.807) is 0 Å². The molecule has 1 heterocycles. The predicted molar refractivity (Wildman–Crippen MR) is 88.1 cm³/mol. The van der Waals surface area contributed by atoms with Gasteiger partial charge in [-0.3, -0.25) is 0 Å². The van der Waals surface area contributed by atoms with E-state index in [1.807, 2.05) is 18.2 Å². The van der Waals surface area contributed by atoms with Gasteiger partial charge in [0.15, 0.2) is 0 Å². The quantitative estimate of drug-likeness (QED) is 0.840. The number of ether oxygens (including phenoxy) is 1. The van der Waals surface area contributed by atoms with Gasteiger partial charge in [0.05, 0.1) is 5.60 Å². The maximum atomic E-state index is 6.43. The zero-order valence-corrected chi connectivity index (χ0v) is 14.0. The number of nitrogens with one attached hydrogen (secondary N) is 1. The number of hydrogen-bond acceptors (Lipinski definition) is 2. The molecule has 2 atom stereocenters. The van der Waals surface area contributed by atoms with Crippen LogP contribution in [0.2, 0.25) is 10.0 Å². The molecule has 4 heteroatoms. The molecule has 0 radical (unpaired) electrons. The third kappa shape index (κ3) is 3.24. The molecule has 1 aliphatic carbocycles. The van der Waals surface area contributed by atoms with Crippen LogP contribution in [0.5, 0.6) is 0 Å². The van der Waals surface area contributed by atoms with Gasteiger partial charge in [-0.1, -0.05) is 30.1 Å². The van der Waals surface area contributed by atoms with Gasteiger partial charge in [-0.2, -0.15) is 0 Å². The van der Waals surface area contributed by atoms with Gasteiger partial charge in [0.25, 0.3) is 0 Å². The van der Waals surface area contributed by atoms with Crippen LogP contribution in [0.25, 0.3) is 0 Å². The summed E-state index contributed by atoms with van der Waals surface area (Å²) in [7, 11) is 0. The maximum Gasteiger partial charge on any atom is 0.0686 e. The van der Waals surface area contributed by atoms with Gasteiger partial charge in [0.2, 0.25) is 0 Å². The fourth-order valence-electron chi connectivity index (χ4n) is 3.77. The molecule has 1 aromatic carbocycles. The molecule has 2 nitrogen and oxygen atoms in total. The SMILES string of the molecule is CCNC(c1cc(Cl)ccc1Cl)C1CCOC2(CCC2)C1. The third-order valence-electron chi connectivity index (χ3n) is 4.98. The Hall–Kier alpha value is -0.280. The first-order valence-corrected chi connectivity index (χ1v) is 8.71. The summed E-state index contributed by atoms with van der Waals surface area (Å²) in [6.07, 6.45) is 5.95. The smallest absolute Gasteiger partial charge is 0.0686 e. The number of hydrogen-bond donors (Lipinski definition) is 1. The van der Waals surface area contributed by atoms with Crippen LogP contribution in [0.3, 0.4) is 0 Å². The van der Waals surface area contributed by atoms with E-state index in [0.717, 1.165) is 41.6 Å². The zero-order valence-electron chi connectivity index (χ0n) is 12.5. The number of rotatable bonds is 4. The molecule has 0 aromatic heterocycles. The highest BCUT2D eigenvalue weighted by atomic mass is 35.5. The molecular formula is C17H23Cl2NO. The normalized spacial score (nSPS) is 25.6. The largest absolute Gasteiger partial charge is 0.375 e. The third-order valence-corrected chi connectivity index (χ3v) is 5.56. The summed E-state index contributed by atoms with van der Waals surface area (Å²) in [6.45, 7) is 3.94. The van der Waals surface area contributed by atoms with Crippen LogP contribution in [0.1, 0.15) is 50.6 Å². The maximum absolute atomic E-state index is 6.43. The number of benzene rings is 1. The van der Waals surface area contributed by atoms with Gasteiger partial charge >= 0.3 is 0 Å². The molecule has 1 aliphatic heterocycles. The van der Waals surface area contributed by atoms with E-state index in [0.29, 0.717) is 5.92 Å². The Morgan fingerprint density at radius 1 is 1.38 bits per heavy atom. The summed E-state index contributed by atoms with van der Waals surface area (Å²) in [5.74, 6) is 0.565. The van der Waals surface area contributed by atoms with Crippen LogP contribution in [0, 0.1) is 5.92 Å². The average molecular weight is 328 g/mol. The van der Waals surface area contributed by atoms with Crippen LogP contribution >= 0.6 is 23.2 Å². The second kappa shape index (κ2) is 6.45. The second-order valence-corrected chi connectivity index (χ2v) is 7.18. The summed E-state index contributed by atoms with van der Waals surface area (Å²) in [5.41, 5.74) is 1.29. The predicted octanol–water partition coefficient (Wildman–Crippen LogP) is 4.99. The van der Waals surface area contributed by atoms with Gasteiger partial charge in [-0.25, -0.2) is 0 Å². The summed E-state index contributed by atoms with van der Waals surface area (Å²) < 4.78 is 6.06. The van der Waals surface area contributed by atoms with Crippen molar-refractivity contribution in [3.8, 4) is 0 Å². The molecule has 1 spiro atoms. The van der Waals surface area contributed by atoms with Crippen molar-refractivity contribution in [1.29, 1.82) is 0 Å². The molecule has 1 saturated carbocycles. The summed E-state index contributed by atoms with van der Waals surface area (Å²) in [4.78, 5) is 0. The van der Waals surface area contributed by atoms with E-state index in [2.05, 4.69) is 12.2 Å². The highest BCUT2D eigenvalue weighted by Crippen LogP contribution is 2.47. The minimum Gasteiger partial charge on any atom is -0.375 e. The van der Waals surface area contributed by atoms with E-state index >= 15 is 0 Å². The molecule has 1 saturated heterocycles. The van der Waals surface area contributed by atoms with Crippen molar-refractivity contribution in [3.63, 3.8) is 0 Å². The van der Waals surface area contributed by atoms with Crippen LogP contribution in [0.4, 0.5) is 0 Å². The molecule has 1 aromatic rings. The Bertz CT molecular complexity index is 502. The van der Waals surface area contributed by atoms with Gasteiger partial charge in [0, 0.05) is 22.7 Å². The minimum absolute atomic E-state index is 0.154. The topological polar surface area (TPSA) is 21.3 Å². The molecule has 2 aliphatic rings. The van der Waals surface area contributed by atoms with E-state index in [1.165, 1.54) is 19.3 Å². The monoisotopic (exact) mass is 327 g/mol. The molecule has 2 unspecified atom stereocenters. The van der Waals surface area contributed by atoms with Crippen LogP contribution in [-0.4, -0.2) is 18.8 Å². The van der Waals surface area contributed by atoms with Crippen molar-refractivity contribution in [3.05, 3.63) is 33.8 Å². The van der Waals surface area contributed by atoms with Crippen LogP contribution < -0.4 is 5.32 Å². The van der Waals surface area contributed by atoms with E-state index in [-0.39, 0.29) is 11.6 Å². The van der Waals surface area contributed by atoms with Crippen LogP contribution in [0.15, 0.2) is 18.2 Å².